The number of carbonyl (C=O) groups is 1. The van der Waals surface area contributed by atoms with E-state index in [9.17, 15) is 4.79 Å². The van der Waals surface area contributed by atoms with Gasteiger partial charge in [0, 0.05) is 25.6 Å². The summed E-state index contributed by atoms with van der Waals surface area (Å²) >= 11 is 13.9. The van der Waals surface area contributed by atoms with Crippen LogP contribution in [0.4, 0.5) is 5.69 Å². The first-order chi connectivity index (χ1) is 15.6. The molecule has 1 aliphatic rings. The van der Waals surface area contributed by atoms with Gasteiger partial charge in [0.25, 0.3) is 5.91 Å². The van der Waals surface area contributed by atoms with Crippen LogP contribution in [-0.4, -0.2) is 5.91 Å². The van der Waals surface area contributed by atoms with Crippen molar-refractivity contribution < 1.29 is 9.53 Å². The fourth-order valence-corrected chi connectivity index (χ4v) is 5.45. The Balaban J connectivity index is 1.79. The van der Waals surface area contributed by atoms with Crippen molar-refractivity contribution in [3.05, 3.63) is 90.3 Å². The molecule has 4 rings (SSSR count). The third-order valence-electron chi connectivity index (χ3n) is 5.64. The SMILES string of the molecule is Cc1c(Br)cc(Br)c2c1C(=Cc1cc(Cl)c(OCc3ccccc3)c(C(C)(C)C)c1)C(=O)N2. The average molecular weight is 590 g/mol. The molecule has 1 N–H and O–H groups in total. The smallest absolute Gasteiger partial charge is 0.256 e. The van der Waals surface area contributed by atoms with Gasteiger partial charge in [-0.05, 0) is 69.2 Å². The van der Waals surface area contributed by atoms with Gasteiger partial charge in [-0.1, -0.05) is 78.6 Å². The number of halogens is 3. The Hall–Kier alpha value is -2.08. The number of hydrogen-bond acceptors (Lipinski definition) is 2. The summed E-state index contributed by atoms with van der Waals surface area (Å²) in [5.41, 5.74) is 6.00. The van der Waals surface area contributed by atoms with E-state index in [0.717, 1.165) is 42.5 Å². The van der Waals surface area contributed by atoms with Crippen molar-refractivity contribution in [2.24, 2.45) is 0 Å². The van der Waals surface area contributed by atoms with Crippen LogP contribution in [0, 0.1) is 6.92 Å². The van der Waals surface area contributed by atoms with Crippen LogP contribution in [-0.2, 0) is 16.8 Å². The van der Waals surface area contributed by atoms with Crippen molar-refractivity contribution in [1.29, 1.82) is 0 Å². The fourth-order valence-electron chi connectivity index (χ4n) is 3.91. The summed E-state index contributed by atoms with van der Waals surface area (Å²) < 4.78 is 7.97. The van der Waals surface area contributed by atoms with Gasteiger partial charge in [0.05, 0.1) is 10.7 Å². The predicted octanol–water partition coefficient (Wildman–Crippen LogP) is 8.54. The van der Waals surface area contributed by atoms with Gasteiger partial charge in [-0.25, -0.2) is 0 Å². The summed E-state index contributed by atoms with van der Waals surface area (Å²) in [5.74, 6) is 0.540. The van der Waals surface area contributed by atoms with Crippen molar-refractivity contribution in [3.8, 4) is 5.75 Å². The Morgan fingerprint density at radius 1 is 1.06 bits per heavy atom. The number of benzene rings is 3. The Kier molecular flexibility index (Phi) is 6.77. The van der Waals surface area contributed by atoms with Gasteiger partial charge in [-0.2, -0.15) is 0 Å². The lowest BCUT2D eigenvalue weighted by Gasteiger charge is -2.24. The van der Waals surface area contributed by atoms with Crippen LogP contribution in [0.5, 0.6) is 5.75 Å². The molecule has 0 spiro atoms. The van der Waals surface area contributed by atoms with Crippen molar-refractivity contribution in [2.45, 2.75) is 39.7 Å². The zero-order chi connectivity index (χ0) is 23.9. The topological polar surface area (TPSA) is 38.3 Å². The van der Waals surface area contributed by atoms with Gasteiger partial charge >= 0.3 is 0 Å². The van der Waals surface area contributed by atoms with Crippen molar-refractivity contribution in [2.75, 3.05) is 5.32 Å². The molecule has 1 amide bonds. The normalized spacial score (nSPS) is 14.4. The van der Waals surface area contributed by atoms with Gasteiger partial charge in [0.15, 0.2) is 0 Å². The van der Waals surface area contributed by atoms with E-state index < -0.39 is 0 Å². The van der Waals surface area contributed by atoms with E-state index in [4.69, 9.17) is 16.3 Å². The maximum atomic E-state index is 12.9. The lowest BCUT2D eigenvalue weighted by Crippen LogP contribution is -2.14. The first kappa shape index (κ1) is 24.1. The van der Waals surface area contributed by atoms with Gasteiger partial charge < -0.3 is 10.1 Å². The van der Waals surface area contributed by atoms with Gasteiger partial charge in [0.1, 0.15) is 12.4 Å². The van der Waals surface area contributed by atoms with E-state index in [1.54, 1.807) is 0 Å². The predicted molar refractivity (Wildman–Crippen MR) is 144 cm³/mol. The number of hydrogen-bond donors (Lipinski definition) is 1. The molecule has 0 unspecified atom stereocenters. The molecule has 3 aromatic carbocycles. The second kappa shape index (κ2) is 9.28. The highest BCUT2D eigenvalue weighted by Crippen LogP contribution is 2.44. The highest BCUT2D eigenvalue weighted by Gasteiger charge is 2.30. The molecular formula is C27H24Br2ClNO2. The second-order valence-electron chi connectivity index (χ2n) is 9.13. The Bertz CT molecular complexity index is 1280. The monoisotopic (exact) mass is 587 g/mol. The highest BCUT2D eigenvalue weighted by molar-refractivity contribution is 9.11. The quantitative estimate of drug-likeness (QED) is 0.310. The maximum Gasteiger partial charge on any atom is 0.256 e. The summed E-state index contributed by atoms with van der Waals surface area (Å²) in [6.07, 6.45) is 1.90. The number of nitrogens with one attached hydrogen (secondary N) is 1. The minimum absolute atomic E-state index is 0.135. The number of rotatable bonds is 4. The van der Waals surface area contributed by atoms with Crippen LogP contribution >= 0.6 is 43.5 Å². The molecule has 0 radical (unpaired) electrons. The number of carbonyl (C=O) groups excluding carboxylic acids is 1. The molecule has 1 aliphatic heterocycles. The molecule has 1 heterocycles. The van der Waals surface area contributed by atoms with Crippen LogP contribution in [0.15, 0.2) is 57.5 Å². The molecule has 0 saturated carbocycles. The third-order valence-corrected chi connectivity index (χ3v) is 7.37. The minimum Gasteiger partial charge on any atom is -0.487 e. The van der Waals surface area contributed by atoms with E-state index in [0.29, 0.717) is 23.0 Å². The van der Waals surface area contributed by atoms with Crippen LogP contribution in [0.3, 0.4) is 0 Å². The first-order valence-corrected chi connectivity index (χ1v) is 12.6. The molecule has 3 nitrogen and oxygen atoms in total. The molecule has 3 aromatic rings. The minimum atomic E-state index is -0.206. The van der Waals surface area contributed by atoms with E-state index in [1.165, 1.54) is 0 Å². The van der Waals surface area contributed by atoms with Crippen LogP contribution in [0.1, 0.15) is 48.6 Å². The number of amides is 1. The third kappa shape index (κ3) is 4.91. The molecule has 0 bridgehead atoms. The first-order valence-electron chi connectivity index (χ1n) is 10.6. The Labute approximate surface area is 216 Å². The van der Waals surface area contributed by atoms with E-state index in [-0.39, 0.29) is 11.3 Å². The Morgan fingerprint density at radius 2 is 1.76 bits per heavy atom. The molecular weight excluding hydrogens is 566 g/mol. The summed E-state index contributed by atoms with van der Waals surface area (Å²) in [6.45, 7) is 8.81. The lowest BCUT2D eigenvalue weighted by molar-refractivity contribution is -0.110. The van der Waals surface area contributed by atoms with E-state index >= 15 is 0 Å². The highest BCUT2D eigenvalue weighted by atomic mass is 79.9. The standard InChI is InChI=1S/C27H24Br2ClNO2/c1-15-20(28)13-21(29)24-23(15)18(26(32)31-24)10-17-11-19(27(2,3)4)25(22(30)12-17)33-14-16-8-6-5-7-9-16/h5-13H,14H2,1-4H3,(H,31,32). The molecule has 170 valence electrons. The zero-order valence-electron chi connectivity index (χ0n) is 18.9. The molecule has 0 aliphatic carbocycles. The molecule has 0 atom stereocenters. The largest absolute Gasteiger partial charge is 0.487 e. The van der Waals surface area contributed by atoms with Gasteiger partial charge in [-0.3, -0.25) is 4.79 Å². The number of fused-ring (bicyclic) bond motifs is 1. The van der Waals surface area contributed by atoms with E-state index in [1.807, 2.05) is 55.5 Å². The van der Waals surface area contributed by atoms with Crippen molar-refractivity contribution in [1.82, 2.24) is 0 Å². The second-order valence-corrected chi connectivity index (χ2v) is 11.2. The molecule has 0 saturated heterocycles. The molecule has 0 fully saturated rings. The van der Waals surface area contributed by atoms with Gasteiger partial charge in [0.2, 0.25) is 0 Å². The van der Waals surface area contributed by atoms with Crippen LogP contribution in [0.2, 0.25) is 5.02 Å². The molecule has 33 heavy (non-hydrogen) atoms. The van der Waals surface area contributed by atoms with Gasteiger partial charge in [-0.15, -0.1) is 0 Å². The summed E-state index contributed by atoms with van der Waals surface area (Å²) in [6, 6.07) is 15.9. The zero-order valence-corrected chi connectivity index (χ0v) is 22.8. The van der Waals surface area contributed by atoms with Crippen LogP contribution in [0.25, 0.3) is 11.6 Å². The maximum absolute atomic E-state index is 12.9. The lowest BCUT2D eigenvalue weighted by atomic mass is 9.85. The number of ether oxygens (including phenoxy) is 1. The molecule has 6 heteroatoms. The summed E-state index contributed by atoms with van der Waals surface area (Å²) in [7, 11) is 0. The summed E-state index contributed by atoms with van der Waals surface area (Å²) in [4.78, 5) is 12.9. The molecule has 0 aromatic heterocycles. The van der Waals surface area contributed by atoms with E-state index in [2.05, 4.69) is 64.0 Å². The fraction of sp³-hybridized carbons (Fsp3) is 0.222. The summed E-state index contributed by atoms with van der Waals surface area (Å²) in [5, 5.41) is 3.50. The number of anilines is 1. The van der Waals surface area contributed by atoms with Crippen LogP contribution < -0.4 is 10.1 Å². The van der Waals surface area contributed by atoms with Crippen molar-refractivity contribution >= 4 is 66.7 Å². The average Bonchev–Trinajstić information content (AvgIpc) is 3.08. The Morgan fingerprint density at radius 3 is 2.42 bits per heavy atom. The van der Waals surface area contributed by atoms with Crippen molar-refractivity contribution in [3.63, 3.8) is 0 Å².